The molecule has 0 radical (unpaired) electrons. The Hall–Kier alpha value is -1.46. The van der Waals surface area contributed by atoms with Gasteiger partial charge in [-0.2, -0.15) is 0 Å². The summed E-state index contributed by atoms with van der Waals surface area (Å²) in [6.45, 7) is -0.00938. The topological polar surface area (TPSA) is 26.3 Å². The third kappa shape index (κ3) is 3.51. The van der Waals surface area contributed by atoms with Gasteiger partial charge in [-0.05, 0) is 18.2 Å². The van der Waals surface area contributed by atoms with E-state index in [1.807, 2.05) is 0 Å². The van der Waals surface area contributed by atoms with Gasteiger partial charge in [0.05, 0.1) is 6.42 Å². The number of benzene rings is 1. The van der Waals surface area contributed by atoms with Crippen molar-refractivity contribution in [2.45, 2.75) is 6.42 Å². The highest BCUT2D eigenvalue weighted by Crippen LogP contribution is 2.16. The molecule has 0 saturated carbocycles. The first-order chi connectivity index (χ1) is 6.72. The van der Waals surface area contributed by atoms with Crippen LogP contribution in [0.3, 0.4) is 0 Å². The Morgan fingerprint density at radius 2 is 2.36 bits per heavy atom. The van der Waals surface area contributed by atoms with Crippen molar-refractivity contribution in [1.82, 2.24) is 0 Å². The molecular weight excluding hydrogens is 200 g/mol. The summed E-state index contributed by atoms with van der Waals surface area (Å²) in [6, 6.07) is 6.86. The lowest BCUT2D eigenvalue weighted by Gasteiger charge is -2.03. The zero-order valence-electron chi connectivity index (χ0n) is 7.50. The van der Waals surface area contributed by atoms with Gasteiger partial charge >= 0.3 is 0 Å². The van der Waals surface area contributed by atoms with Gasteiger partial charge in [0.1, 0.15) is 12.4 Å². The minimum absolute atomic E-state index is 0.00938. The molecular formula is C11H9ClO2. The van der Waals surface area contributed by atoms with Gasteiger partial charge in [0.2, 0.25) is 0 Å². The third-order valence-electron chi connectivity index (χ3n) is 1.50. The van der Waals surface area contributed by atoms with Crippen molar-refractivity contribution in [2.24, 2.45) is 0 Å². The SMILES string of the molecule is C#CCC(=O)COc1cccc(Cl)c1. The van der Waals surface area contributed by atoms with Crippen LogP contribution < -0.4 is 4.74 Å². The predicted molar refractivity (Wildman–Crippen MR) is 55.4 cm³/mol. The summed E-state index contributed by atoms with van der Waals surface area (Å²) in [7, 11) is 0. The molecule has 0 unspecified atom stereocenters. The van der Waals surface area contributed by atoms with E-state index in [2.05, 4.69) is 5.92 Å². The number of hydrogen-bond donors (Lipinski definition) is 0. The molecule has 72 valence electrons. The number of Topliss-reactive ketones (excluding diaryl/α,β-unsaturated/α-hetero) is 1. The van der Waals surface area contributed by atoms with E-state index in [4.69, 9.17) is 22.8 Å². The fourth-order valence-electron chi connectivity index (χ4n) is 0.885. The van der Waals surface area contributed by atoms with E-state index in [1.54, 1.807) is 24.3 Å². The number of halogens is 1. The second kappa shape index (κ2) is 5.31. The maximum absolute atomic E-state index is 11.0. The second-order valence-electron chi connectivity index (χ2n) is 2.67. The van der Waals surface area contributed by atoms with Crippen molar-refractivity contribution in [3.05, 3.63) is 29.3 Å². The Morgan fingerprint density at radius 3 is 3.00 bits per heavy atom. The lowest BCUT2D eigenvalue weighted by Crippen LogP contribution is -2.09. The van der Waals surface area contributed by atoms with E-state index in [9.17, 15) is 4.79 Å². The highest BCUT2D eigenvalue weighted by Gasteiger charge is 2.01. The molecule has 0 bridgehead atoms. The van der Waals surface area contributed by atoms with Crippen LogP contribution in [0.4, 0.5) is 0 Å². The van der Waals surface area contributed by atoms with Crippen LogP contribution in [0.1, 0.15) is 6.42 Å². The van der Waals surface area contributed by atoms with Gasteiger partial charge in [-0.15, -0.1) is 6.42 Å². The van der Waals surface area contributed by atoms with Crippen LogP contribution in [-0.4, -0.2) is 12.4 Å². The maximum Gasteiger partial charge on any atom is 0.182 e. The molecule has 0 N–H and O–H groups in total. The van der Waals surface area contributed by atoms with Crippen molar-refractivity contribution >= 4 is 17.4 Å². The summed E-state index contributed by atoms with van der Waals surface area (Å²) in [5.74, 6) is 2.71. The molecule has 0 heterocycles. The number of carbonyl (C=O) groups is 1. The lowest BCUT2D eigenvalue weighted by molar-refractivity contribution is -0.120. The van der Waals surface area contributed by atoms with E-state index in [1.165, 1.54) is 0 Å². The molecule has 2 nitrogen and oxygen atoms in total. The number of rotatable bonds is 4. The minimum Gasteiger partial charge on any atom is -0.486 e. The molecule has 0 aliphatic heterocycles. The Kier molecular flexibility index (Phi) is 4.03. The molecule has 0 aromatic heterocycles. The van der Waals surface area contributed by atoms with Crippen molar-refractivity contribution in [2.75, 3.05) is 6.61 Å². The van der Waals surface area contributed by atoms with Gasteiger partial charge in [0, 0.05) is 5.02 Å². The summed E-state index contributed by atoms with van der Waals surface area (Å²) < 4.78 is 5.17. The van der Waals surface area contributed by atoms with E-state index in [0.717, 1.165) is 0 Å². The Morgan fingerprint density at radius 1 is 1.57 bits per heavy atom. The first-order valence-corrected chi connectivity index (χ1v) is 4.43. The van der Waals surface area contributed by atoms with Crippen LogP contribution in [0, 0.1) is 12.3 Å². The molecule has 0 atom stereocenters. The average Bonchev–Trinajstić information content (AvgIpc) is 2.15. The van der Waals surface area contributed by atoms with Crippen LogP contribution >= 0.6 is 11.6 Å². The van der Waals surface area contributed by atoms with Crippen LogP contribution in [0.25, 0.3) is 0 Å². The molecule has 0 amide bonds. The molecule has 14 heavy (non-hydrogen) atoms. The molecule has 0 aliphatic carbocycles. The quantitative estimate of drug-likeness (QED) is 0.710. The van der Waals surface area contributed by atoms with Gasteiger partial charge in [-0.1, -0.05) is 23.6 Å². The summed E-state index contributed by atoms with van der Waals surface area (Å²) in [5, 5.41) is 0.576. The standard InChI is InChI=1S/C11H9ClO2/c1-2-4-10(13)8-14-11-6-3-5-9(12)7-11/h1,3,5-7H,4,8H2. The molecule has 1 aromatic rings. The van der Waals surface area contributed by atoms with Crippen LogP contribution in [-0.2, 0) is 4.79 Å². The number of carbonyl (C=O) groups excluding carboxylic acids is 1. The number of ketones is 1. The third-order valence-corrected chi connectivity index (χ3v) is 1.73. The van der Waals surface area contributed by atoms with Crippen LogP contribution in [0.2, 0.25) is 5.02 Å². The molecule has 0 saturated heterocycles. The molecule has 1 aromatic carbocycles. The fraction of sp³-hybridized carbons (Fsp3) is 0.182. The van der Waals surface area contributed by atoms with Gasteiger partial charge in [0.25, 0.3) is 0 Å². The van der Waals surface area contributed by atoms with Crippen LogP contribution in [0.15, 0.2) is 24.3 Å². The summed E-state index contributed by atoms with van der Waals surface area (Å²) in [5.41, 5.74) is 0. The largest absolute Gasteiger partial charge is 0.486 e. The zero-order valence-corrected chi connectivity index (χ0v) is 8.25. The van der Waals surface area contributed by atoms with E-state index < -0.39 is 0 Å². The summed E-state index contributed by atoms with van der Waals surface area (Å²) in [6.07, 6.45) is 5.07. The van der Waals surface area contributed by atoms with E-state index in [-0.39, 0.29) is 18.8 Å². The Labute approximate surface area is 87.8 Å². The van der Waals surface area contributed by atoms with Crippen molar-refractivity contribution < 1.29 is 9.53 Å². The van der Waals surface area contributed by atoms with Gasteiger partial charge < -0.3 is 4.74 Å². The predicted octanol–water partition coefficient (Wildman–Crippen LogP) is 2.31. The normalized spacial score (nSPS) is 9.14. The molecule has 0 fully saturated rings. The molecule has 3 heteroatoms. The second-order valence-corrected chi connectivity index (χ2v) is 3.10. The Balaban J connectivity index is 2.46. The first kappa shape index (κ1) is 10.6. The van der Waals surface area contributed by atoms with E-state index in [0.29, 0.717) is 10.8 Å². The summed E-state index contributed by atoms with van der Waals surface area (Å²) in [4.78, 5) is 11.0. The van der Waals surface area contributed by atoms with E-state index >= 15 is 0 Å². The monoisotopic (exact) mass is 208 g/mol. The summed E-state index contributed by atoms with van der Waals surface area (Å²) >= 11 is 5.72. The molecule has 0 spiro atoms. The smallest absolute Gasteiger partial charge is 0.182 e. The van der Waals surface area contributed by atoms with Crippen molar-refractivity contribution in [1.29, 1.82) is 0 Å². The lowest BCUT2D eigenvalue weighted by atomic mass is 10.3. The zero-order chi connectivity index (χ0) is 10.4. The van der Waals surface area contributed by atoms with Crippen molar-refractivity contribution in [3.63, 3.8) is 0 Å². The van der Waals surface area contributed by atoms with Crippen LogP contribution in [0.5, 0.6) is 5.75 Å². The molecule has 0 aliphatic rings. The maximum atomic E-state index is 11.0. The van der Waals surface area contributed by atoms with Gasteiger partial charge in [-0.3, -0.25) is 4.79 Å². The van der Waals surface area contributed by atoms with Gasteiger partial charge in [-0.25, -0.2) is 0 Å². The number of ether oxygens (including phenoxy) is 1. The fourth-order valence-corrected chi connectivity index (χ4v) is 1.07. The average molecular weight is 209 g/mol. The first-order valence-electron chi connectivity index (χ1n) is 4.06. The highest BCUT2D eigenvalue weighted by molar-refractivity contribution is 6.30. The Bertz CT molecular complexity index is 366. The van der Waals surface area contributed by atoms with Crippen molar-refractivity contribution in [3.8, 4) is 18.1 Å². The minimum atomic E-state index is -0.118. The highest BCUT2D eigenvalue weighted by atomic mass is 35.5. The number of hydrogen-bond acceptors (Lipinski definition) is 2. The van der Waals surface area contributed by atoms with Gasteiger partial charge in [0.15, 0.2) is 5.78 Å². The molecule has 1 rings (SSSR count). The number of terminal acetylenes is 1.